The maximum Gasteiger partial charge on any atom is 0.194 e. The third-order valence-corrected chi connectivity index (χ3v) is 1.48. The fourth-order valence-electron chi connectivity index (χ4n) is 0.978. The SMILES string of the molecule is CC(C)(C)Cc1ncc(CN)o1. The maximum absolute atomic E-state index is 5.39. The second-order valence-corrected chi connectivity index (χ2v) is 4.16. The predicted octanol–water partition coefficient (Wildman–Crippen LogP) is 1.72. The minimum absolute atomic E-state index is 0.219. The van der Waals surface area contributed by atoms with Gasteiger partial charge in [0.1, 0.15) is 5.76 Å². The van der Waals surface area contributed by atoms with Gasteiger partial charge in [0, 0.05) is 6.42 Å². The normalized spacial score (nSPS) is 12.0. The fraction of sp³-hybridized carbons (Fsp3) is 0.667. The molecule has 0 aromatic carbocycles. The van der Waals surface area contributed by atoms with Crippen molar-refractivity contribution in [2.75, 3.05) is 0 Å². The topological polar surface area (TPSA) is 52.0 Å². The van der Waals surface area contributed by atoms with Gasteiger partial charge in [0.2, 0.25) is 0 Å². The summed E-state index contributed by atoms with van der Waals surface area (Å²) in [6.45, 7) is 6.88. The minimum atomic E-state index is 0.219. The first kappa shape index (κ1) is 9.26. The van der Waals surface area contributed by atoms with Crippen LogP contribution in [0.15, 0.2) is 10.6 Å². The van der Waals surface area contributed by atoms with Gasteiger partial charge in [-0.2, -0.15) is 0 Å². The number of rotatable bonds is 2. The standard InChI is InChI=1S/C9H16N2O/c1-9(2,3)4-8-11-6-7(5-10)12-8/h6H,4-5,10H2,1-3H3. The van der Waals surface area contributed by atoms with Crippen LogP contribution in [-0.2, 0) is 13.0 Å². The van der Waals surface area contributed by atoms with E-state index >= 15 is 0 Å². The van der Waals surface area contributed by atoms with Crippen molar-refractivity contribution in [1.29, 1.82) is 0 Å². The zero-order valence-electron chi connectivity index (χ0n) is 7.92. The molecule has 0 saturated carbocycles. The Balaban J connectivity index is 2.64. The van der Waals surface area contributed by atoms with Gasteiger partial charge >= 0.3 is 0 Å². The molecule has 1 aromatic heterocycles. The predicted molar refractivity (Wildman–Crippen MR) is 47.6 cm³/mol. The zero-order valence-corrected chi connectivity index (χ0v) is 7.92. The molecular formula is C9H16N2O. The van der Waals surface area contributed by atoms with Crippen molar-refractivity contribution in [1.82, 2.24) is 4.98 Å². The van der Waals surface area contributed by atoms with Crippen LogP contribution in [-0.4, -0.2) is 4.98 Å². The van der Waals surface area contributed by atoms with E-state index in [0.717, 1.165) is 18.1 Å². The van der Waals surface area contributed by atoms with Crippen LogP contribution in [0, 0.1) is 5.41 Å². The van der Waals surface area contributed by atoms with Crippen molar-refractivity contribution in [3.05, 3.63) is 17.8 Å². The van der Waals surface area contributed by atoms with Gasteiger partial charge in [-0.25, -0.2) is 4.98 Å². The molecular weight excluding hydrogens is 152 g/mol. The lowest BCUT2D eigenvalue weighted by molar-refractivity contribution is 0.345. The summed E-state index contributed by atoms with van der Waals surface area (Å²) >= 11 is 0. The Kier molecular flexibility index (Phi) is 2.52. The van der Waals surface area contributed by atoms with Crippen molar-refractivity contribution in [2.45, 2.75) is 33.7 Å². The van der Waals surface area contributed by atoms with Gasteiger partial charge in [0.15, 0.2) is 5.89 Å². The molecule has 3 nitrogen and oxygen atoms in total. The average Bonchev–Trinajstić information content (AvgIpc) is 2.32. The second-order valence-electron chi connectivity index (χ2n) is 4.16. The summed E-state index contributed by atoms with van der Waals surface area (Å²) in [6.07, 6.45) is 2.55. The highest BCUT2D eigenvalue weighted by molar-refractivity contribution is 4.94. The summed E-state index contributed by atoms with van der Waals surface area (Å²) in [4.78, 5) is 4.13. The lowest BCUT2D eigenvalue weighted by atomic mass is 9.92. The van der Waals surface area contributed by atoms with Gasteiger partial charge in [0.05, 0.1) is 12.7 Å². The lowest BCUT2D eigenvalue weighted by Gasteiger charge is -2.14. The maximum atomic E-state index is 5.39. The largest absolute Gasteiger partial charge is 0.444 e. The monoisotopic (exact) mass is 168 g/mol. The van der Waals surface area contributed by atoms with Gasteiger partial charge in [-0.15, -0.1) is 0 Å². The van der Waals surface area contributed by atoms with E-state index < -0.39 is 0 Å². The van der Waals surface area contributed by atoms with E-state index in [1.165, 1.54) is 0 Å². The van der Waals surface area contributed by atoms with Crippen molar-refractivity contribution in [2.24, 2.45) is 11.1 Å². The summed E-state index contributed by atoms with van der Waals surface area (Å²) in [6, 6.07) is 0. The molecule has 0 unspecified atom stereocenters. The van der Waals surface area contributed by atoms with E-state index in [0.29, 0.717) is 6.54 Å². The van der Waals surface area contributed by atoms with Crippen LogP contribution in [0.2, 0.25) is 0 Å². The molecule has 0 bridgehead atoms. The fourth-order valence-corrected chi connectivity index (χ4v) is 0.978. The Bertz CT molecular complexity index is 247. The van der Waals surface area contributed by atoms with Crippen LogP contribution in [0.5, 0.6) is 0 Å². The molecule has 1 heterocycles. The van der Waals surface area contributed by atoms with E-state index in [-0.39, 0.29) is 5.41 Å². The first-order valence-electron chi connectivity index (χ1n) is 4.15. The number of hydrogen-bond donors (Lipinski definition) is 1. The molecule has 1 aromatic rings. The zero-order chi connectivity index (χ0) is 9.19. The first-order valence-corrected chi connectivity index (χ1v) is 4.15. The van der Waals surface area contributed by atoms with E-state index in [1.54, 1.807) is 6.20 Å². The van der Waals surface area contributed by atoms with Crippen LogP contribution >= 0.6 is 0 Å². The van der Waals surface area contributed by atoms with Gasteiger partial charge in [0.25, 0.3) is 0 Å². The first-order chi connectivity index (χ1) is 5.51. The van der Waals surface area contributed by atoms with E-state index in [1.807, 2.05) is 0 Å². The van der Waals surface area contributed by atoms with Crippen LogP contribution in [0.25, 0.3) is 0 Å². The van der Waals surface area contributed by atoms with Crippen molar-refractivity contribution < 1.29 is 4.42 Å². The van der Waals surface area contributed by atoms with Crippen LogP contribution in [0.3, 0.4) is 0 Å². The summed E-state index contributed by atoms with van der Waals surface area (Å²) in [5.41, 5.74) is 5.61. The number of oxazole rings is 1. The lowest BCUT2D eigenvalue weighted by Crippen LogP contribution is -2.09. The van der Waals surface area contributed by atoms with Gasteiger partial charge < -0.3 is 10.2 Å². The molecule has 0 aliphatic carbocycles. The highest BCUT2D eigenvalue weighted by atomic mass is 16.4. The van der Waals surface area contributed by atoms with Gasteiger partial charge in [-0.3, -0.25) is 0 Å². The third-order valence-electron chi connectivity index (χ3n) is 1.48. The highest BCUT2D eigenvalue weighted by Gasteiger charge is 2.14. The second kappa shape index (κ2) is 3.27. The van der Waals surface area contributed by atoms with E-state index in [4.69, 9.17) is 10.2 Å². The molecule has 0 aliphatic heterocycles. The van der Waals surface area contributed by atoms with Crippen molar-refractivity contribution >= 4 is 0 Å². The van der Waals surface area contributed by atoms with Crippen LogP contribution in [0.1, 0.15) is 32.4 Å². The summed E-state index contributed by atoms with van der Waals surface area (Å²) in [7, 11) is 0. The molecule has 12 heavy (non-hydrogen) atoms. The molecule has 0 spiro atoms. The van der Waals surface area contributed by atoms with Crippen LogP contribution in [0.4, 0.5) is 0 Å². The molecule has 0 amide bonds. The smallest absolute Gasteiger partial charge is 0.194 e. The number of hydrogen-bond acceptors (Lipinski definition) is 3. The quantitative estimate of drug-likeness (QED) is 0.731. The Labute approximate surface area is 73.0 Å². The molecule has 0 saturated heterocycles. The molecule has 3 heteroatoms. The molecule has 0 atom stereocenters. The Hall–Kier alpha value is -0.830. The summed E-state index contributed by atoms with van der Waals surface area (Å²) in [5.74, 6) is 1.54. The minimum Gasteiger partial charge on any atom is -0.444 e. The van der Waals surface area contributed by atoms with Crippen molar-refractivity contribution in [3.8, 4) is 0 Å². The number of nitrogens with zero attached hydrogens (tertiary/aromatic N) is 1. The van der Waals surface area contributed by atoms with Gasteiger partial charge in [-0.1, -0.05) is 20.8 Å². The van der Waals surface area contributed by atoms with E-state index in [9.17, 15) is 0 Å². The third kappa shape index (κ3) is 2.66. The summed E-state index contributed by atoms with van der Waals surface area (Å²) < 4.78 is 5.37. The Morgan fingerprint density at radius 2 is 2.17 bits per heavy atom. The molecule has 68 valence electrons. The highest BCUT2D eigenvalue weighted by Crippen LogP contribution is 2.19. The number of aromatic nitrogens is 1. The summed E-state index contributed by atoms with van der Waals surface area (Å²) in [5, 5.41) is 0. The van der Waals surface area contributed by atoms with Crippen LogP contribution < -0.4 is 5.73 Å². The average molecular weight is 168 g/mol. The molecule has 0 radical (unpaired) electrons. The van der Waals surface area contributed by atoms with E-state index in [2.05, 4.69) is 25.8 Å². The Morgan fingerprint density at radius 1 is 1.50 bits per heavy atom. The number of nitrogens with two attached hydrogens (primary N) is 1. The molecule has 0 aliphatic rings. The molecule has 2 N–H and O–H groups in total. The molecule has 1 rings (SSSR count). The van der Waals surface area contributed by atoms with Gasteiger partial charge in [-0.05, 0) is 5.41 Å². The molecule has 0 fully saturated rings. The van der Waals surface area contributed by atoms with Crippen molar-refractivity contribution in [3.63, 3.8) is 0 Å². The Morgan fingerprint density at radius 3 is 2.58 bits per heavy atom.